The topological polar surface area (TPSA) is 82.5 Å². The Morgan fingerprint density at radius 1 is 1.44 bits per heavy atom. The lowest BCUT2D eigenvalue weighted by Crippen LogP contribution is -2.25. The SMILES string of the molecule is CCc1cc(C(=O)O)cc(NCC(O)C(C)C)n1. The summed E-state index contributed by atoms with van der Waals surface area (Å²) in [7, 11) is 0. The number of nitrogens with one attached hydrogen (secondary N) is 1. The van der Waals surface area contributed by atoms with Gasteiger partial charge in [0.05, 0.1) is 11.7 Å². The monoisotopic (exact) mass is 252 g/mol. The molecule has 0 radical (unpaired) electrons. The molecular weight excluding hydrogens is 232 g/mol. The molecule has 0 fully saturated rings. The number of aryl methyl sites for hydroxylation is 1. The van der Waals surface area contributed by atoms with Crippen LogP contribution in [0, 0.1) is 5.92 Å². The molecule has 1 unspecified atom stereocenters. The first-order chi connectivity index (χ1) is 8.43. The molecule has 1 rings (SSSR count). The summed E-state index contributed by atoms with van der Waals surface area (Å²) in [6, 6.07) is 3.04. The highest BCUT2D eigenvalue weighted by Crippen LogP contribution is 2.12. The van der Waals surface area contributed by atoms with Gasteiger partial charge < -0.3 is 15.5 Å². The third-order valence-corrected chi connectivity index (χ3v) is 2.75. The number of nitrogens with zero attached hydrogens (tertiary/aromatic N) is 1. The van der Waals surface area contributed by atoms with Gasteiger partial charge in [0.2, 0.25) is 0 Å². The maximum atomic E-state index is 11.0. The van der Waals surface area contributed by atoms with Crippen molar-refractivity contribution in [3.05, 3.63) is 23.4 Å². The molecule has 5 heteroatoms. The quantitative estimate of drug-likeness (QED) is 0.718. The van der Waals surface area contributed by atoms with Gasteiger partial charge in [-0.15, -0.1) is 0 Å². The number of carbonyl (C=O) groups is 1. The molecule has 0 saturated heterocycles. The Hall–Kier alpha value is -1.62. The van der Waals surface area contributed by atoms with Crippen molar-refractivity contribution >= 4 is 11.8 Å². The molecule has 0 aliphatic carbocycles. The van der Waals surface area contributed by atoms with Crippen molar-refractivity contribution in [1.82, 2.24) is 4.98 Å². The predicted molar refractivity (Wildman–Crippen MR) is 69.9 cm³/mol. The van der Waals surface area contributed by atoms with Crippen LogP contribution in [-0.2, 0) is 6.42 Å². The molecule has 0 spiro atoms. The van der Waals surface area contributed by atoms with Crippen LogP contribution in [0.4, 0.5) is 5.82 Å². The molecule has 0 bridgehead atoms. The lowest BCUT2D eigenvalue weighted by atomic mass is 10.1. The van der Waals surface area contributed by atoms with E-state index in [0.717, 1.165) is 5.69 Å². The highest BCUT2D eigenvalue weighted by atomic mass is 16.4. The highest BCUT2D eigenvalue weighted by molar-refractivity contribution is 5.88. The number of aromatic carboxylic acids is 1. The molecule has 0 aliphatic heterocycles. The maximum Gasteiger partial charge on any atom is 0.335 e. The molecule has 0 aliphatic rings. The lowest BCUT2D eigenvalue weighted by Gasteiger charge is -2.16. The average Bonchev–Trinajstić information content (AvgIpc) is 2.35. The zero-order chi connectivity index (χ0) is 13.7. The van der Waals surface area contributed by atoms with Crippen LogP contribution in [0.2, 0.25) is 0 Å². The van der Waals surface area contributed by atoms with E-state index in [-0.39, 0.29) is 11.5 Å². The van der Waals surface area contributed by atoms with Gasteiger partial charge in [-0.3, -0.25) is 0 Å². The van der Waals surface area contributed by atoms with Gasteiger partial charge in [0.15, 0.2) is 0 Å². The van der Waals surface area contributed by atoms with Crippen LogP contribution < -0.4 is 5.32 Å². The van der Waals surface area contributed by atoms with Crippen molar-refractivity contribution in [1.29, 1.82) is 0 Å². The van der Waals surface area contributed by atoms with Crippen LogP contribution in [0.1, 0.15) is 36.8 Å². The highest BCUT2D eigenvalue weighted by Gasteiger charge is 2.11. The normalized spacial score (nSPS) is 12.5. The second-order valence-electron chi connectivity index (χ2n) is 4.58. The summed E-state index contributed by atoms with van der Waals surface area (Å²) in [6.07, 6.45) is 0.188. The number of hydrogen-bond acceptors (Lipinski definition) is 4. The van der Waals surface area contributed by atoms with Crippen molar-refractivity contribution in [2.24, 2.45) is 5.92 Å². The molecule has 0 saturated carbocycles. The number of aliphatic hydroxyl groups excluding tert-OH is 1. The van der Waals surface area contributed by atoms with Crippen LogP contribution >= 0.6 is 0 Å². The van der Waals surface area contributed by atoms with Crippen LogP contribution in [-0.4, -0.2) is 33.8 Å². The number of aliphatic hydroxyl groups is 1. The summed E-state index contributed by atoms with van der Waals surface area (Å²) in [4.78, 5) is 15.2. The minimum Gasteiger partial charge on any atom is -0.478 e. The molecule has 100 valence electrons. The summed E-state index contributed by atoms with van der Waals surface area (Å²) in [6.45, 7) is 6.12. The first-order valence-corrected chi connectivity index (χ1v) is 6.10. The first-order valence-electron chi connectivity index (χ1n) is 6.10. The smallest absolute Gasteiger partial charge is 0.335 e. The average molecular weight is 252 g/mol. The van der Waals surface area contributed by atoms with Gasteiger partial charge in [0.25, 0.3) is 0 Å². The molecule has 18 heavy (non-hydrogen) atoms. The zero-order valence-corrected chi connectivity index (χ0v) is 11.0. The molecule has 0 amide bonds. The predicted octanol–water partition coefficient (Wildman–Crippen LogP) is 1.77. The van der Waals surface area contributed by atoms with Crippen molar-refractivity contribution in [3.8, 4) is 0 Å². The molecule has 1 heterocycles. The Morgan fingerprint density at radius 3 is 2.61 bits per heavy atom. The summed E-state index contributed by atoms with van der Waals surface area (Å²) < 4.78 is 0. The van der Waals surface area contributed by atoms with E-state index in [9.17, 15) is 9.90 Å². The second kappa shape index (κ2) is 6.35. The zero-order valence-electron chi connectivity index (χ0n) is 11.0. The molecule has 0 aromatic carbocycles. The Kier molecular flexibility index (Phi) is 5.09. The molecule has 1 aromatic rings. The number of carboxylic acids is 1. The van der Waals surface area contributed by atoms with E-state index in [2.05, 4.69) is 10.3 Å². The van der Waals surface area contributed by atoms with Crippen LogP contribution in [0.3, 0.4) is 0 Å². The second-order valence-corrected chi connectivity index (χ2v) is 4.58. The van der Waals surface area contributed by atoms with Gasteiger partial charge in [-0.2, -0.15) is 0 Å². The standard InChI is InChI=1S/C13H20N2O3/c1-4-10-5-9(13(17)18)6-12(15-10)14-7-11(16)8(2)3/h5-6,8,11,16H,4,7H2,1-3H3,(H,14,15)(H,17,18). The Morgan fingerprint density at radius 2 is 2.11 bits per heavy atom. The van der Waals surface area contributed by atoms with Crippen LogP contribution in [0.15, 0.2) is 12.1 Å². The fourth-order valence-corrected chi connectivity index (χ4v) is 1.43. The number of pyridine rings is 1. The minimum atomic E-state index is -0.973. The summed E-state index contributed by atoms with van der Waals surface area (Å²) >= 11 is 0. The van der Waals surface area contributed by atoms with Crippen LogP contribution in [0.25, 0.3) is 0 Å². The van der Waals surface area contributed by atoms with E-state index >= 15 is 0 Å². The molecule has 5 nitrogen and oxygen atoms in total. The van der Waals surface area contributed by atoms with E-state index in [0.29, 0.717) is 18.8 Å². The first kappa shape index (κ1) is 14.4. The Labute approximate surface area is 107 Å². The largest absolute Gasteiger partial charge is 0.478 e. The van der Waals surface area contributed by atoms with Crippen LogP contribution in [0.5, 0.6) is 0 Å². The van der Waals surface area contributed by atoms with E-state index in [1.54, 1.807) is 6.07 Å². The van der Waals surface area contributed by atoms with E-state index < -0.39 is 12.1 Å². The lowest BCUT2D eigenvalue weighted by molar-refractivity contribution is 0.0696. The number of carboxylic acid groups (broad SMARTS) is 1. The van der Waals surface area contributed by atoms with E-state index in [1.807, 2.05) is 20.8 Å². The molecule has 1 atom stereocenters. The number of aromatic nitrogens is 1. The van der Waals surface area contributed by atoms with Gasteiger partial charge in [-0.05, 0) is 24.5 Å². The van der Waals surface area contributed by atoms with Crippen molar-refractivity contribution < 1.29 is 15.0 Å². The van der Waals surface area contributed by atoms with E-state index in [1.165, 1.54) is 6.07 Å². The Balaban J connectivity index is 2.81. The molecule has 1 aromatic heterocycles. The molecular formula is C13H20N2O3. The summed E-state index contributed by atoms with van der Waals surface area (Å²) in [5.41, 5.74) is 0.930. The number of anilines is 1. The number of rotatable bonds is 6. The van der Waals surface area contributed by atoms with Gasteiger partial charge in [-0.25, -0.2) is 9.78 Å². The maximum absolute atomic E-state index is 11.0. The van der Waals surface area contributed by atoms with Gasteiger partial charge in [-0.1, -0.05) is 20.8 Å². The van der Waals surface area contributed by atoms with Gasteiger partial charge >= 0.3 is 5.97 Å². The third kappa shape index (κ3) is 4.00. The Bertz CT molecular complexity index is 419. The van der Waals surface area contributed by atoms with Crippen molar-refractivity contribution in [3.63, 3.8) is 0 Å². The summed E-state index contributed by atoms with van der Waals surface area (Å²) in [5, 5.41) is 21.6. The fraction of sp³-hybridized carbons (Fsp3) is 0.538. The summed E-state index contributed by atoms with van der Waals surface area (Å²) in [5.74, 6) is -0.336. The van der Waals surface area contributed by atoms with E-state index in [4.69, 9.17) is 5.11 Å². The van der Waals surface area contributed by atoms with Crippen molar-refractivity contribution in [2.75, 3.05) is 11.9 Å². The van der Waals surface area contributed by atoms with Gasteiger partial charge in [0, 0.05) is 12.2 Å². The third-order valence-electron chi connectivity index (χ3n) is 2.75. The minimum absolute atomic E-state index is 0.144. The van der Waals surface area contributed by atoms with Gasteiger partial charge in [0.1, 0.15) is 5.82 Å². The molecule has 3 N–H and O–H groups in total. The number of hydrogen-bond donors (Lipinski definition) is 3. The van der Waals surface area contributed by atoms with Crippen molar-refractivity contribution in [2.45, 2.75) is 33.3 Å². The fourth-order valence-electron chi connectivity index (χ4n) is 1.43.